The molecule has 2 fully saturated rings. The maximum atomic E-state index is 11.9. The highest BCUT2D eigenvalue weighted by Gasteiger charge is 2.55. The summed E-state index contributed by atoms with van der Waals surface area (Å²) in [5, 5.41) is 7.03. The van der Waals surface area contributed by atoms with Crippen LogP contribution in [-0.4, -0.2) is 96.0 Å². The van der Waals surface area contributed by atoms with Crippen molar-refractivity contribution in [1.29, 1.82) is 0 Å². The lowest BCUT2D eigenvalue weighted by Gasteiger charge is -2.44. The average molecular weight is 563 g/mol. The van der Waals surface area contributed by atoms with E-state index < -0.39 is 84.8 Å². The smallest absolute Gasteiger partial charge is 0.303 e. The van der Waals surface area contributed by atoms with Crippen molar-refractivity contribution in [3.8, 4) is 0 Å². The maximum Gasteiger partial charge on any atom is 0.303 e. The van der Waals surface area contributed by atoms with Crippen molar-refractivity contribution < 1.29 is 56.9 Å². The van der Waals surface area contributed by atoms with Gasteiger partial charge in [0.05, 0.1) is 6.54 Å². The van der Waals surface area contributed by atoms with E-state index in [-0.39, 0.29) is 18.6 Å². The second-order valence-electron chi connectivity index (χ2n) is 7.93. The quantitative estimate of drug-likeness (QED) is 0.0933. The van der Waals surface area contributed by atoms with Gasteiger partial charge in [0.25, 0.3) is 0 Å². The first kappa shape index (κ1) is 30.9. The molecule has 9 atom stereocenters. The molecule has 0 radical (unpaired) electrons. The van der Waals surface area contributed by atoms with Gasteiger partial charge < -0.3 is 37.7 Å². The van der Waals surface area contributed by atoms with Crippen LogP contribution in [-0.2, 0) is 52.3 Å². The molecule has 0 spiro atoms. The van der Waals surface area contributed by atoms with Gasteiger partial charge in [0, 0.05) is 49.6 Å². The van der Waals surface area contributed by atoms with Crippen LogP contribution in [0.5, 0.6) is 0 Å². The van der Waals surface area contributed by atoms with Crippen LogP contribution in [0.4, 0.5) is 0 Å². The summed E-state index contributed by atoms with van der Waals surface area (Å²) in [6, 6.07) is -1.48. The number of hydrogen-bond acceptors (Lipinski definition) is 15. The lowest BCUT2D eigenvalue weighted by molar-refractivity contribution is -0.285. The fourth-order valence-electron chi connectivity index (χ4n) is 3.86. The molecule has 2 heterocycles. The van der Waals surface area contributed by atoms with Crippen molar-refractivity contribution in [3.63, 3.8) is 0 Å². The van der Waals surface area contributed by atoms with Gasteiger partial charge in [0.1, 0.15) is 31.0 Å². The topological polar surface area (TPSA) is 251 Å². The van der Waals surface area contributed by atoms with Crippen LogP contribution >= 0.6 is 12.0 Å². The first-order valence-corrected chi connectivity index (χ1v) is 11.8. The number of azide groups is 2. The van der Waals surface area contributed by atoms with Crippen LogP contribution in [0.15, 0.2) is 10.2 Å². The van der Waals surface area contributed by atoms with Crippen LogP contribution in [0.3, 0.4) is 0 Å². The van der Waals surface area contributed by atoms with E-state index in [4.69, 9.17) is 38.7 Å². The van der Waals surface area contributed by atoms with Gasteiger partial charge in [-0.2, -0.15) is 0 Å². The molecule has 2 unspecified atom stereocenters. The Kier molecular flexibility index (Phi) is 11.9. The molecular weight excluding hydrogens is 536 g/mol. The summed E-state index contributed by atoms with van der Waals surface area (Å²) < 4.78 is 48.0. The highest BCUT2D eigenvalue weighted by molar-refractivity contribution is 7.94. The molecule has 2 aliphatic rings. The summed E-state index contributed by atoms with van der Waals surface area (Å²) in [6.07, 6.45) is -9.35. The first-order valence-electron chi connectivity index (χ1n) is 11.0. The third-order valence-corrected chi connectivity index (χ3v) is 5.73. The Bertz CT molecular complexity index is 989. The molecule has 0 amide bonds. The number of carbonyl (C=O) groups is 4. The van der Waals surface area contributed by atoms with Crippen LogP contribution in [0.1, 0.15) is 27.7 Å². The molecular formula is C19H26N6O12S. The molecule has 0 saturated carbocycles. The molecule has 210 valence electrons. The minimum absolute atomic E-state index is 0.200. The van der Waals surface area contributed by atoms with Crippen molar-refractivity contribution in [2.75, 3.05) is 13.2 Å². The monoisotopic (exact) mass is 562 g/mol. The molecule has 18 nitrogen and oxygen atoms in total. The Labute approximate surface area is 219 Å². The van der Waals surface area contributed by atoms with Crippen LogP contribution in [0.25, 0.3) is 20.9 Å². The molecule has 0 aromatic carbocycles. The summed E-state index contributed by atoms with van der Waals surface area (Å²) in [6.45, 7) is 3.58. The van der Waals surface area contributed by atoms with Crippen molar-refractivity contribution >= 4 is 35.9 Å². The molecule has 0 bridgehead atoms. The molecule has 0 aliphatic carbocycles. The van der Waals surface area contributed by atoms with Gasteiger partial charge in [-0.05, 0) is 11.1 Å². The molecule has 2 saturated heterocycles. The standard InChI is InChI=1S/C19H26N6O12S/c1-7(26)31-6-12-15(17(34-10(4)29)19(36-12)38-30)37-18-13(23-25-21)16(33-9(3)28)14(32-8(2)27)11(35-18)5-22-24-20/h11-19,30H,5-6H2,1-4H3/t11-,12+,13?,14+,15+,16+,17+,18+,19?/m0/s1. The van der Waals surface area contributed by atoms with E-state index in [0.717, 1.165) is 27.7 Å². The van der Waals surface area contributed by atoms with Crippen molar-refractivity contribution in [1.82, 2.24) is 0 Å². The lowest BCUT2D eigenvalue weighted by atomic mass is 9.96. The van der Waals surface area contributed by atoms with Crippen molar-refractivity contribution in [2.24, 2.45) is 10.2 Å². The Morgan fingerprint density at radius 3 is 1.97 bits per heavy atom. The zero-order valence-corrected chi connectivity index (χ0v) is 21.5. The lowest BCUT2D eigenvalue weighted by Crippen LogP contribution is -2.62. The number of hydrogen-bond donors (Lipinski definition) is 1. The predicted molar refractivity (Wildman–Crippen MR) is 123 cm³/mol. The van der Waals surface area contributed by atoms with Gasteiger partial charge in [-0.1, -0.05) is 10.2 Å². The van der Waals surface area contributed by atoms with E-state index >= 15 is 0 Å². The van der Waals surface area contributed by atoms with E-state index in [1.54, 1.807) is 0 Å². The second kappa shape index (κ2) is 14.6. The zero-order chi connectivity index (χ0) is 28.4. The Hall–Kier alpha value is -3.31. The van der Waals surface area contributed by atoms with Crippen molar-refractivity contribution in [3.05, 3.63) is 20.9 Å². The molecule has 38 heavy (non-hydrogen) atoms. The number of rotatable bonds is 11. The number of ether oxygens (including phenoxy) is 7. The fourth-order valence-corrected chi connectivity index (χ4v) is 4.38. The third-order valence-electron chi connectivity index (χ3n) is 5.14. The number of esters is 4. The third kappa shape index (κ3) is 8.35. The Morgan fingerprint density at radius 1 is 0.842 bits per heavy atom. The molecule has 1 N–H and O–H groups in total. The average Bonchev–Trinajstić information content (AvgIpc) is 3.15. The summed E-state index contributed by atoms with van der Waals surface area (Å²) in [4.78, 5) is 52.2. The highest BCUT2D eigenvalue weighted by atomic mass is 32.2. The van der Waals surface area contributed by atoms with Crippen LogP contribution in [0.2, 0.25) is 0 Å². The molecule has 2 aliphatic heterocycles. The SMILES string of the molecule is CC(=O)OC[C@H]1OC(SO)[C@H](OC(C)=O)[C@@H]1O[C@H]1O[C@@H](CN=[N+]=[N-])[C@@H](OC(C)=O)[C@H](OC(C)=O)C1N=[N+]=[N-]. The predicted octanol–water partition coefficient (Wildman–Crippen LogP) is 1.38. The summed E-state index contributed by atoms with van der Waals surface area (Å²) in [7, 11) is 0. The zero-order valence-electron chi connectivity index (χ0n) is 20.6. The minimum Gasteiger partial charge on any atom is -0.463 e. The Morgan fingerprint density at radius 2 is 1.45 bits per heavy atom. The first-order chi connectivity index (χ1) is 18.0. The summed E-state index contributed by atoms with van der Waals surface area (Å²) in [5.74, 6) is -3.06. The van der Waals surface area contributed by atoms with Gasteiger partial charge in [0.15, 0.2) is 30.0 Å². The van der Waals surface area contributed by atoms with E-state index in [0.29, 0.717) is 0 Å². The van der Waals surface area contributed by atoms with Gasteiger partial charge in [-0.15, -0.1) is 0 Å². The van der Waals surface area contributed by atoms with Gasteiger partial charge in [-0.3, -0.25) is 19.2 Å². The summed E-state index contributed by atoms with van der Waals surface area (Å²) in [5.41, 5.74) is 16.8. The molecule has 0 aromatic rings. The van der Waals surface area contributed by atoms with E-state index in [1.165, 1.54) is 0 Å². The molecule has 2 rings (SSSR count). The number of nitrogens with zero attached hydrogens (tertiary/aromatic N) is 6. The molecule has 0 aromatic heterocycles. The number of carbonyl (C=O) groups excluding carboxylic acids is 4. The normalized spacial score (nSPS) is 32.2. The largest absolute Gasteiger partial charge is 0.463 e. The van der Waals surface area contributed by atoms with Crippen LogP contribution in [0, 0.1) is 0 Å². The summed E-state index contributed by atoms with van der Waals surface area (Å²) >= 11 is 0.200. The van der Waals surface area contributed by atoms with E-state index in [2.05, 4.69) is 20.1 Å². The maximum absolute atomic E-state index is 11.9. The van der Waals surface area contributed by atoms with Crippen molar-refractivity contribution in [2.45, 2.75) is 82.1 Å². The second-order valence-corrected chi connectivity index (χ2v) is 8.60. The highest BCUT2D eigenvalue weighted by Crippen LogP contribution is 2.37. The van der Waals surface area contributed by atoms with E-state index in [1.807, 2.05) is 0 Å². The Balaban J connectivity index is 2.52. The van der Waals surface area contributed by atoms with Gasteiger partial charge in [-0.25, -0.2) is 0 Å². The minimum atomic E-state index is -1.59. The van der Waals surface area contributed by atoms with Crippen LogP contribution < -0.4 is 0 Å². The fraction of sp³-hybridized carbons (Fsp3) is 0.789. The van der Waals surface area contributed by atoms with Gasteiger partial charge in [0.2, 0.25) is 0 Å². The van der Waals surface area contributed by atoms with E-state index in [9.17, 15) is 29.3 Å². The van der Waals surface area contributed by atoms with Gasteiger partial charge >= 0.3 is 23.9 Å². The molecule has 19 heteroatoms.